The molecule has 0 aliphatic carbocycles. The first-order chi connectivity index (χ1) is 15.9. The van der Waals surface area contributed by atoms with Gasteiger partial charge in [0.25, 0.3) is 0 Å². The van der Waals surface area contributed by atoms with Gasteiger partial charge in [-0.3, -0.25) is 14.9 Å². The second-order valence-corrected chi connectivity index (χ2v) is 9.50. The molecule has 180 valence electrons. The average Bonchev–Trinajstić information content (AvgIpc) is 3.29. The molecular weight excluding hydrogens is 461 g/mol. The fourth-order valence-electron chi connectivity index (χ4n) is 4.44. The van der Waals surface area contributed by atoms with Crippen molar-refractivity contribution in [3.63, 3.8) is 0 Å². The van der Waals surface area contributed by atoms with E-state index in [2.05, 4.69) is 26.1 Å². The number of carbonyl (C=O) groups is 2. The molecule has 2 atom stereocenters. The van der Waals surface area contributed by atoms with Crippen molar-refractivity contribution in [3.05, 3.63) is 52.1 Å². The fourth-order valence-corrected chi connectivity index (χ4v) is 5.66. The summed E-state index contributed by atoms with van der Waals surface area (Å²) in [5, 5.41) is 3.18. The van der Waals surface area contributed by atoms with Crippen LogP contribution in [0.15, 0.2) is 24.3 Å². The molecule has 0 spiro atoms. The van der Waals surface area contributed by atoms with Crippen LogP contribution in [-0.2, 0) is 22.4 Å². The van der Waals surface area contributed by atoms with Crippen molar-refractivity contribution in [2.45, 2.75) is 51.3 Å². The van der Waals surface area contributed by atoms with Gasteiger partial charge in [0.15, 0.2) is 6.29 Å². The Bertz CT molecular complexity index is 996. The number of nitrogens with one attached hydrogen (secondary N) is 1. The van der Waals surface area contributed by atoms with Gasteiger partial charge in [0, 0.05) is 16.7 Å². The monoisotopic (exact) mass is 495 g/mol. The first-order valence-corrected chi connectivity index (χ1v) is 12.2. The van der Waals surface area contributed by atoms with Gasteiger partial charge in [-0.25, -0.2) is 0 Å². The maximum absolute atomic E-state index is 11.8. The number of methoxy groups -OCH3 is 2. The summed E-state index contributed by atoms with van der Waals surface area (Å²) in [6.07, 6.45) is 2.83. The van der Waals surface area contributed by atoms with Crippen LogP contribution in [-0.4, -0.2) is 79.6 Å². The van der Waals surface area contributed by atoms with Gasteiger partial charge in [0.2, 0.25) is 5.78 Å². The molecule has 0 bridgehead atoms. The molecule has 1 aliphatic heterocycles. The third-order valence-electron chi connectivity index (χ3n) is 6.31. The summed E-state index contributed by atoms with van der Waals surface area (Å²) in [6, 6.07) is 7.58. The first kappa shape index (κ1) is 28.7. The Morgan fingerprint density at radius 2 is 1.71 bits per heavy atom. The van der Waals surface area contributed by atoms with Crippen LogP contribution in [0, 0.1) is 20.8 Å². The minimum absolute atomic E-state index is 0. The van der Waals surface area contributed by atoms with E-state index in [1.165, 1.54) is 5.56 Å². The Kier molecular flexibility index (Phi) is 11.4. The van der Waals surface area contributed by atoms with E-state index in [4.69, 9.17) is 14.2 Å². The van der Waals surface area contributed by atoms with E-state index in [-0.39, 0.29) is 40.6 Å². The molecule has 2 aromatic carbocycles. The molecule has 1 N–H and O–H groups in total. The zero-order valence-electron chi connectivity index (χ0n) is 20.0. The standard InChI is InChI=1S/C26H33NO5S.Na.H/c1-16-17(2)26(31-5)21(18(3)25(16)30-4)7-6-12-32-20-10-8-19(9-11-20)13-23-24(22(29)14-28)27-15-33-23;;/h8-11,14,23-24,27H,6-7,12-13,15H2,1-5H3;;. The molecule has 8 heteroatoms. The number of aldehydes is 1. The number of rotatable bonds is 11. The summed E-state index contributed by atoms with van der Waals surface area (Å²) in [5.41, 5.74) is 5.63. The predicted molar refractivity (Wildman–Crippen MR) is 139 cm³/mol. The van der Waals surface area contributed by atoms with Crippen LogP contribution in [0.5, 0.6) is 17.2 Å². The van der Waals surface area contributed by atoms with Crippen molar-refractivity contribution in [2.75, 3.05) is 26.7 Å². The predicted octanol–water partition coefficient (Wildman–Crippen LogP) is 3.33. The molecule has 6 nitrogen and oxygen atoms in total. The summed E-state index contributed by atoms with van der Waals surface area (Å²) in [5.74, 6) is 2.98. The Hall–Kier alpha value is -1.51. The Labute approximate surface area is 228 Å². The van der Waals surface area contributed by atoms with Gasteiger partial charge < -0.3 is 14.2 Å². The van der Waals surface area contributed by atoms with E-state index in [0.29, 0.717) is 18.8 Å². The number of hydrogen-bond donors (Lipinski definition) is 1. The molecule has 1 aliphatic rings. The SMILES string of the molecule is COc1c(C)c(C)c(OC)c(CCCOc2ccc(CC3SCNC3C(=O)C=O)cc2)c1C.[NaH]. The van der Waals surface area contributed by atoms with E-state index in [9.17, 15) is 9.59 Å². The van der Waals surface area contributed by atoms with Crippen molar-refractivity contribution in [2.24, 2.45) is 0 Å². The van der Waals surface area contributed by atoms with Crippen LogP contribution in [0.1, 0.15) is 34.2 Å². The Morgan fingerprint density at radius 3 is 2.32 bits per heavy atom. The van der Waals surface area contributed by atoms with Crippen LogP contribution < -0.4 is 19.5 Å². The van der Waals surface area contributed by atoms with E-state index in [0.717, 1.165) is 58.8 Å². The molecule has 1 fully saturated rings. The number of Topliss-reactive ketones (excluding diaryl/α,β-unsaturated/α-hetero) is 1. The molecule has 0 amide bonds. The van der Waals surface area contributed by atoms with Crippen LogP contribution in [0.3, 0.4) is 0 Å². The van der Waals surface area contributed by atoms with Gasteiger partial charge in [-0.05, 0) is 74.4 Å². The first-order valence-electron chi connectivity index (χ1n) is 11.2. The van der Waals surface area contributed by atoms with Crippen LogP contribution in [0.4, 0.5) is 0 Å². The number of benzene rings is 2. The van der Waals surface area contributed by atoms with Gasteiger partial charge in [0.1, 0.15) is 17.2 Å². The number of thioether (sulfide) groups is 1. The van der Waals surface area contributed by atoms with Crippen molar-refractivity contribution in [1.29, 1.82) is 0 Å². The van der Waals surface area contributed by atoms with Gasteiger partial charge >= 0.3 is 29.6 Å². The van der Waals surface area contributed by atoms with Gasteiger partial charge in [-0.2, -0.15) is 0 Å². The fraction of sp³-hybridized carbons (Fsp3) is 0.462. The Morgan fingerprint density at radius 1 is 1.06 bits per heavy atom. The molecule has 1 saturated heterocycles. The summed E-state index contributed by atoms with van der Waals surface area (Å²) in [6.45, 7) is 6.79. The summed E-state index contributed by atoms with van der Waals surface area (Å²) in [4.78, 5) is 22.6. The number of ether oxygens (including phenoxy) is 3. The summed E-state index contributed by atoms with van der Waals surface area (Å²) in [7, 11) is 3.42. The van der Waals surface area contributed by atoms with Crippen LogP contribution in [0.25, 0.3) is 0 Å². The third kappa shape index (κ3) is 6.58. The summed E-state index contributed by atoms with van der Waals surface area (Å²) < 4.78 is 17.3. The van der Waals surface area contributed by atoms with E-state index >= 15 is 0 Å². The topological polar surface area (TPSA) is 73.9 Å². The normalized spacial score (nSPS) is 17.1. The molecule has 0 saturated carbocycles. The third-order valence-corrected chi connectivity index (χ3v) is 7.51. The molecule has 3 rings (SSSR count). The Balaban J connectivity index is 0.00000408. The van der Waals surface area contributed by atoms with Crippen molar-refractivity contribution < 1.29 is 23.8 Å². The van der Waals surface area contributed by atoms with Gasteiger partial charge in [0.05, 0.1) is 26.9 Å². The molecule has 0 aromatic heterocycles. The van der Waals surface area contributed by atoms with Crippen LogP contribution >= 0.6 is 11.8 Å². The van der Waals surface area contributed by atoms with Crippen LogP contribution in [0.2, 0.25) is 0 Å². The average molecular weight is 496 g/mol. The van der Waals surface area contributed by atoms with Crippen molar-refractivity contribution >= 4 is 53.4 Å². The van der Waals surface area contributed by atoms with Crippen molar-refractivity contribution in [1.82, 2.24) is 5.32 Å². The molecule has 2 aromatic rings. The van der Waals surface area contributed by atoms with E-state index in [1.54, 1.807) is 26.0 Å². The minimum atomic E-state index is -0.395. The number of ketones is 1. The van der Waals surface area contributed by atoms with E-state index < -0.39 is 6.04 Å². The molecule has 2 unspecified atom stereocenters. The maximum atomic E-state index is 11.8. The van der Waals surface area contributed by atoms with Gasteiger partial charge in [-0.15, -0.1) is 11.8 Å². The second kappa shape index (κ2) is 13.5. The second-order valence-electron chi connectivity index (χ2n) is 8.27. The zero-order valence-corrected chi connectivity index (χ0v) is 20.8. The molecule has 0 radical (unpaired) electrons. The number of hydrogen-bond acceptors (Lipinski definition) is 7. The van der Waals surface area contributed by atoms with Crippen molar-refractivity contribution in [3.8, 4) is 17.2 Å². The molecular formula is C26H34NNaO5S. The number of carbonyl (C=O) groups excluding carboxylic acids is 2. The quantitative estimate of drug-likeness (QED) is 0.222. The zero-order chi connectivity index (χ0) is 24.0. The van der Waals surface area contributed by atoms with E-state index in [1.807, 2.05) is 24.3 Å². The molecule has 34 heavy (non-hydrogen) atoms. The van der Waals surface area contributed by atoms with Gasteiger partial charge in [-0.1, -0.05) is 12.1 Å². The summed E-state index contributed by atoms with van der Waals surface area (Å²) >= 11 is 1.68. The molecule has 1 heterocycles.